The molecule has 2 aromatic rings. The van der Waals surface area contributed by atoms with E-state index in [1.807, 2.05) is 0 Å². The first-order chi connectivity index (χ1) is 12.8. The Labute approximate surface area is 167 Å². The standard InChI is InChI=1S/C17H18Cl2N4O3S/c1-11-5-6-12(20-16(24)13-10-15(18)22-17(19)21-13)9-14(11)27(25,26)23-7-3-2-4-8-23/h5-6,9-10H,2-4,7-8H2,1H3,(H,20,24). The van der Waals surface area contributed by atoms with Crippen molar-refractivity contribution in [3.8, 4) is 0 Å². The molecule has 3 rings (SSSR count). The van der Waals surface area contributed by atoms with Crippen LogP contribution in [0.25, 0.3) is 0 Å². The van der Waals surface area contributed by atoms with Crippen LogP contribution in [0, 0.1) is 6.92 Å². The van der Waals surface area contributed by atoms with Gasteiger partial charge in [-0.3, -0.25) is 4.79 Å². The van der Waals surface area contributed by atoms with Gasteiger partial charge >= 0.3 is 0 Å². The van der Waals surface area contributed by atoms with Gasteiger partial charge in [-0.25, -0.2) is 18.4 Å². The Morgan fingerprint density at radius 1 is 1.11 bits per heavy atom. The summed E-state index contributed by atoms with van der Waals surface area (Å²) in [4.78, 5) is 20.1. The van der Waals surface area contributed by atoms with E-state index in [1.54, 1.807) is 19.1 Å². The van der Waals surface area contributed by atoms with Crippen molar-refractivity contribution < 1.29 is 13.2 Å². The number of hydrogen-bond donors (Lipinski definition) is 1. The smallest absolute Gasteiger partial charge is 0.274 e. The number of halogens is 2. The second kappa shape index (κ2) is 8.10. The van der Waals surface area contributed by atoms with Gasteiger partial charge in [0.05, 0.1) is 4.90 Å². The fourth-order valence-electron chi connectivity index (χ4n) is 2.90. The zero-order chi connectivity index (χ0) is 19.6. The van der Waals surface area contributed by atoms with Crippen molar-refractivity contribution in [3.63, 3.8) is 0 Å². The minimum absolute atomic E-state index is 0.0130. The van der Waals surface area contributed by atoms with Gasteiger partial charge in [0.25, 0.3) is 5.91 Å². The van der Waals surface area contributed by atoms with Gasteiger partial charge in [-0.05, 0) is 49.1 Å². The van der Waals surface area contributed by atoms with Gasteiger partial charge in [-0.2, -0.15) is 4.31 Å². The lowest BCUT2D eigenvalue weighted by Gasteiger charge is -2.26. The molecule has 144 valence electrons. The molecule has 0 radical (unpaired) electrons. The molecule has 0 saturated carbocycles. The SMILES string of the molecule is Cc1ccc(NC(=O)c2cc(Cl)nc(Cl)n2)cc1S(=O)(=O)N1CCCCC1. The number of carbonyl (C=O) groups excluding carboxylic acids is 1. The molecule has 0 atom stereocenters. The Kier molecular flexibility index (Phi) is 6.00. The third-order valence-corrected chi connectivity index (χ3v) is 6.68. The molecule has 0 bridgehead atoms. The molecule has 10 heteroatoms. The number of piperidine rings is 1. The minimum Gasteiger partial charge on any atom is -0.321 e. The summed E-state index contributed by atoms with van der Waals surface area (Å²) in [5.74, 6) is -0.564. The predicted octanol–water partition coefficient (Wildman–Crippen LogP) is 3.52. The predicted molar refractivity (Wildman–Crippen MR) is 104 cm³/mol. The highest BCUT2D eigenvalue weighted by atomic mass is 35.5. The molecule has 1 aromatic heterocycles. The van der Waals surface area contributed by atoms with E-state index in [1.165, 1.54) is 16.4 Å². The number of aryl methyl sites for hydroxylation is 1. The molecule has 1 N–H and O–H groups in total. The average molecular weight is 429 g/mol. The van der Waals surface area contributed by atoms with Crippen LogP contribution in [0.4, 0.5) is 5.69 Å². The second-order valence-electron chi connectivity index (χ2n) is 6.24. The molecule has 1 aromatic carbocycles. The van der Waals surface area contributed by atoms with Crippen LogP contribution in [0.1, 0.15) is 35.3 Å². The first kappa shape index (κ1) is 20.0. The number of nitrogens with one attached hydrogen (secondary N) is 1. The number of rotatable bonds is 4. The van der Waals surface area contributed by atoms with Crippen molar-refractivity contribution in [1.29, 1.82) is 0 Å². The van der Waals surface area contributed by atoms with Crippen LogP contribution in [0.5, 0.6) is 0 Å². The molecule has 0 unspecified atom stereocenters. The van der Waals surface area contributed by atoms with Crippen molar-refractivity contribution in [3.05, 3.63) is 46.0 Å². The number of benzene rings is 1. The molecule has 7 nitrogen and oxygen atoms in total. The molecule has 0 spiro atoms. The van der Waals surface area contributed by atoms with Crippen LogP contribution in [0.2, 0.25) is 10.4 Å². The maximum absolute atomic E-state index is 13.0. The molecule has 1 fully saturated rings. The van der Waals surface area contributed by atoms with Gasteiger partial charge in [0.15, 0.2) is 0 Å². The number of sulfonamides is 1. The summed E-state index contributed by atoms with van der Waals surface area (Å²) in [6.07, 6.45) is 2.74. The summed E-state index contributed by atoms with van der Waals surface area (Å²) in [7, 11) is -3.61. The van der Waals surface area contributed by atoms with Gasteiger partial charge in [0, 0.05) is 24.8 Å². The van der Waals surface area contributed by atoms with E-state index < -0.39 is 15.9 Å². The molecule has 2 heterocycles. The van der Waals surface area contributed by atoms with E-state index in [0.717, 1.165) is 19.3 Å². The number of nitrogens with zero attached hydrogens (tertiary/aromatic N) is 3. The molecule has 0 aliphatic carbocycles. The van der Waals surface area contributed by atoms with E-state index in [0.29, 0.717) is 24.3 Å². The molecule has 1 aliphatic rings. The highest BCUT2D eigenvalue weighted by molar-refractivity contribution is 7.89. The molecular formula is C17H18Cl2N4O3S. The Bertz CT molecular complexity index is 956. The van der Waals surface area contributed by atoms with E-state index in [4.69, 9.17) is 23.2 Å². The van der Waals surface area contributed by atoms with E-state index in [2.05, 4.69) is 15.3 Å². The van der Waals surface area contributed by atoms with Crippen molar-refractivity contribution in [1.82, 2.24) is 14.3 Å². The van der Waals surface area contributed by atoms with Crippen molar-refractivity contribution in [2.75, 3.05) is 18.4 Å². The van der Waals surface area contributed by atoms with Gasteiger partial charge in [-0.1, -0.05) is 24.1 Å². The average Bonchev–Trinajstić information content (AvgIpc) is 2.63. The lowest BCUT2D eigenvalue weighted by molar-refractivity contribution is 0.102. The summed E-state index contributed by atoms with van der Waals surface area (Å²) < 4.78 is 27.4. The van der Waals surface area contributed by atoms with Crippen LogP contribution in [-0.2, 0) is 10.0 Å². The molecular weight excluding hydrogens is 411 g/mol. The number of hydrogen-bond acceptors (Lipinski definition) is 5. The van der Waals surface area contributed by atoms with Crippen LogP contribution in [0.3, 0.4) is 0 Å². The fourth-order valence-corrected chi connectivity index (χ4v) is 5.08. The van der Waals surface area contributed by atoms with Gasteiger partial charge < -0.3 is 5.32 Å². The number of aromatic nitrogens is 2. The Hall–Kier alpha value is -1.74. The van der Waals surface area contributed by atoms with Crippen molar-refractivity contribution in [2.24, 2.45) is 0 Å². The molecule has 1 aliphatic heterocycles. The quantitative estimate of drug-likeness (QED) is 0.593. The maximum Gasteiger partial charge on any atom is 0.274 e. The highest BCUT2D eigenvalue weighted by Crippen LogP contribution is 2.26. The van der Waals surface area contributed by atoms with Crippen LogP contribution < -0.4 is 5.32 Å². The number of anilines is 1. The molecule has 27 heavy (non-hydrogen) atoms. The minimum atomic E-state index is -3.61. The number of carbonyl (C=O) groups is 1. The summed E-state index contributed by atoms with van der Waals surface area (Å²) in [6.45, 7) is 2.75. The largest absolute Gasteiger partial charge is 0.321 e. The van der Waals surface area contributed by atoms with Gasteiger partial charge in [-0.15, -0.1) is 0 Å². The lowest BCUT2D eigenvalue weighted by atomic mass is 10.2. The Morgan fingerprint density at radius 3 is 2.48 bits per heavy atom. The topological polar surface area (TPSA) is 92.3 Å². The second-order valence-corrected chi connectivity index (χ2v) is 8.88. The van der Waals surface area contributed by atoms with E-state index in [9.17, 15) is 13.2 Å². The summed E-state index contributed by atoms with van der Waals surface area (Å²) >= 11 is 11.5. The summed E-state index contributed by atoms with van der Waals surface area (Å²) in [5, 5.41) is 2.52. The van der Waals surface area contributed by atoms with E-state index in [-0.39, 0.29) is 21.0 Å². The van der Waals surface area contributed by atoms with Gasteiger partial charge in [0.1, 0.15) is 10.8 Å². The maximum atomic E-state index is 13.0. The monoisotopic (exact) mass is 428 g/mol. The van der Waals surface area contributed by atoms with E-state index >= 15 is 0 Å². The molecule has 1 saturated heterocycles. The lowest BCUT2D eigenvalue weighted by Crippen LogP contribution is -2.36. The normalized spacial score (nSPS) is 15.5. The van der Waals surface area contributed by atoms with Gasteiger partial charge in [0.2, 0.25) is 15.3 Å². The summed E-state index contributed by atoms with van der Waals surface area (Å²) in [6, 6.07) is 6.03. The first-order valence-corrected chi connectivity index (χ1v) is 10.6. The van der Waals surface area contributed by atoms with Crippen molar-refractivity contribution >= 4 is 44.8 Å². The Morgan fingerprint density at radius 2 is 1.81 bits per heavy atom. The van der Waals surface area contributed by atoms with Crippen LogP contribution in [0.15, 0.2) is 29.2 Å². The summed E-state index contributed by atoms with van der Waals surface area (Å²) in [5.41, 5.74) is 0.944. The third kappa shape index (κ3) is 4.57. The van der Waals surface area contributed by atoms with Crippen LogP contribution in [-0.4, -0.2) is 41.7 Å². The zero-order valence-corrected chi connectivity index (χ0v) is 16.9. The fraction of sp³-hybridized carbons (Fsp3) is 0.353. The zero-order valence-electron chi connectivity index (χ0n) is 14.6. The van der Waals surface area contributed by atoms with Crippen molar-refractivity contribution in [2.45, 2.75) is 31.1 Å². The highest BCUT2D eigenvalue weighted by Gasteiger charge is 2.27. The Balaban J connectivity index is 1.87. The number of amides is 1. The first-order valence-electron chi connectivity index (χ1n) is 8.39. The third-order valence-electron chi connectivity index (χ3n) is 4.28. The van der Waals surface area contributed by atoms with Crippen LogP contribution >= 0.6 is 23.2 Å². The molecule has 1 amide bonds.